The Balaban J connectivity index is 1.39. The third-order valence-corrected chi connectivity index (χ3v) is 10.7. The van der Waals surface area contributed by atoms with E-state index in [-0.39, 0.29) is 0 Å². The topological polar surface area (TPSA) is 12.9 Å². The Morgan fingerprint density at radius 2 is 1.12 bits per heavy atom. The van der Waals surface area contributed by atoms with Gasteiger partial charge < -0.3 is 0 Å². The number of nitrogens with zero attached hydrogens (tertiary/aromatic N) is 1. The fraction of sp³-hybridized carbons (Fsp3) is 0.0217. The summed E-state index contributed by atoms with van der Waals surface area (Å²) in [6.07, 6.45) is 6.36. The van der Waals surface area contributed by atoms with Crippen LogP contribution in [0.2, 0.25) is 0 Å². The van der Waals surface area contributed by atoms with Crippen molar-refractivity contribution in [1.82, 2.24) is 4.98 Å². The first-order valence-corrected chi connectivity index (χ1v) is 17.2. The number of allylic oxidation sites excluding steroid dienone is 1. The van der Waals surface area contributed by atoms with Crippen LogP contribution in [0.5, 0.6) is 0 Å². The lowest BCUT2D eigenvalue weighted by atomic mass is 9.86. The second-order valence-corrected chi connectivity index (χ2v) is 13.3. The summed E-state index contributed by atoms with van der Waals surface area (Å²) in [7, 11) is 0. The highest BCUT2D eigenvalue weighted by Gasteiger charge is 2.17. The molecule has 9 rings (SSSR count). The van der Waals surface area contributed by atoms with Crippen LogP contribution in [0.1, 0.15) is 6.92 Å². The predicted molar refractivity (Wildman–Crippen MR) is 210 cm³/mol. The Morgan fingerprint density at radius 1 is 0.521 bits per heavy atom. The molecule has 0 fully saturated rings. The first-order chi connectivity index (χ1) is 23.7. The van der Waals surface area contributed by atoms with Gasteiger partial charge in [0.15, 0.2) is 0 Å². The molecular weight excluding hydrogens is 599 g/mol. The van der Waals surface area contributed by atoms with Crippen molar-refractivity contribution in [2.45, 2.75) is 6.92 Å². The molecule has 2 heterocycles. The van der Waals surface area contributed by atoms with Crippen molar-refractivity contribution in [2.75, 3.05) is 0 Å². The summed E-state index contributed by atoms with van der Waals surface area (Å²) in [5.74, 6) is 0. The minimum Gasteiger partial charge on any atom is -0.237 e. The zero-order chi connectivity index (χ0) is 32.2. The molecule has 1 nitrogen and oxygen atoms in total. The quantitative estimate of drug-likeness (QED) is 0.189. The Morgan fingerprint density at radius 3 is 1.81 bits per heavy atom. The average Bonchev–Trinajstić information content (AvgIpc) is 3.52. The molecule has 0 saturated heterocycles. The van der Waals surface area contributed by atoms with Gasteiger partial charge in [-0.1, -0.05) is 128 Å². The Bertz CT molecular complexity index is 2870. The van der Waals surface area contributed by atoms with Crippen molar-refractivity contribution in [3.63, 3.8) is 0 Å². The maximum Gasteiger partial charge on any atom is 0.125 e. The second kappa shape index (κ2) is 11.5. The molecule has 0 N–H and O–H groups in total. The molecule has 9 aromatic rings. The molecule has 0 bridgehead atoms. The van der Waals surface area contributed by atoms with E-state index in [1.807, 2.05) is 6.08 Å². The van der Waals surface area contributed by atoms with Crippen LogP contribution in [0, 0.1) is 0 Å². The van der Waals surface area contributed by atoms with E-state index in [0.717, 1.165) is 16.1 Å². The number of pyridine rings is 1. The van der Waals surface area contributed by atoms with Crippen molar-refractivity contribution < 1.29 is 0 Å². The Labute approximate surface area is 283 Å². The molecule has 0 saturated carbocycles. The van der Waals surface area contributed by atoms with E-state index in [0.29, 0.717) is 0 Å². The van der Waals surface area contributed by atoms with Crippen LogP contribution < -0.4 is 10.4 Å². The van der Waals surface area contributed by atoms with E-state index in [1.165, 1.54) is 80.5 Å². The van der Waals surface area contributed by atoms with Gasteiger partial charge in [0.25, 0.3) is 0 Å². The molecule has 0 aliphatic carbocycles. The minimum atomic E-state index is 0.983. The van der Waals surface area contributed by atoms with Gasteiger partial charge in [-0.15, -0.1) is 11.3 Å². The molecule has 0 aliphatic heterocycles. The Hall–Kier alpha value is -5.83. The third-order valence-electron chi connectivity index (χ3n) is 9.58. The average molecular weight is 630 g/mol. The molecule has 48 heavy (non-hydrogen) atoms. The maximum atomic E-state index is 5.23. The lowest BCUT2D eigenvalue weighted by molar-refractivity contribution is 1.43. The van der Waals surface area contributed by atoms with Crippen molar-refractivity contribution in [2.24, 2.45) is 0 Å². The minimum absolute atomic E-state index is 0.983. The normalized spacial score (nSPS) is 12.6. The van der Waals surface area contributed by atoms with Gasteiger partial charge in [0.2, 0.25) is 0 Å². The molecule has 0 spiro atoms. The van der Waals surface area contributed by atoms with E-state index in [4.69, 9.17) is 4.98 Å². The van der Waals surface area contributed by atoms with Gasteiger partial charge in [-0.05, 0) is 108 Å². The summed E-state index contributed by atoms with van der Waals surface area (Å²) in [5, 5.41) is 12.2. The summed E-state index contributed by atoms with van der Waals surface area (Å²) < 4.78 is 1.27. The van der Waals surface area contributed by atoms with Crippen LogP contribution in [0.25, 0.3) is 98.3 Å². The standard InChI is InChI=1S/C46H31NS/c1-3-11-38-36(4-2)44(34-20-18-29-12-5-7-14-31(29)26-34)41-28-33(42-25-24-40-37-16-9-10-17-43(37)48-46(40)47-42)22-23-39(41)45(38)35-21-19-30-13-6-8-15-32(30)27-35/h3-28H,1H2,2H3. The molecule has 0 radical (unpaired) electrons. The summed E-state index contributed by atoms with van der Waals surface area (Å²) in [4.78, 5) is 6.30. The number of hydrogen-bond acceptors (Lipinski definition) is 2. The number of fused-ring (bicyclic) bond motifs is 6. The summed E-state index contributed by atoms with van der Waals surface area (Å²) in [5.41, 5.74) is 6.92. The zero-order valence-corrected chi connectivity index (χ0v) is 27.4. The number of benzene rings is 7. The summed E-state index contributed by atoms with van der Waals surface area (Å²) >= 11 is 1.76. The highest BCUT2D eigenvalue weighted by atomic mass is 32.1. The molecule has 2 heteroatoms. The summed E-state index contributed by atoms with van der Waals surface area (Å²) in [6.45, 7) is 6.31. The van der Waals surface area contributed by atoms with E-state index in [1.54, 1.807) is 11.3 Å². The number of thiophene rings is 1. The van der Waals surface area contributed by atoms with Crippen LogP contribution in [-0.4, -0.2) is 4.98 Å². The Kier molecular flexibility index (Phi) is 6.77. The molecule has 2 aromatic heterocycles. The van der Waals surface area contributed by atoms with Crippen LogP contribution in [0.4, 0.5) is 0 Å². The summed E-state index contributed by atoms with van der Waals surface area (Å²) in [6, 6.07) is 50.7. The fourth-order valence-corrected chi connectivity index (χ4v) is 8.43. The third kappa shape index (κ3) is 4.57. The van der Waals surface area contributed by atoms with Gasteiger partial charge in [-0.25, -0.2) is 4.98 Å². The highest BCUT2D eigenvalue weighted by molar-refractivity contribution is 7.25. The van der Waals surface area contributed by atoms with Gasteiger partial charge in [0.05, 0.1) is 5.69 Å². The van der Waals surface area contributed by atoms with Crippen molar-refractivity contribution >= 4 is 76.1 Å². The van der Waals surface area contributed by atoms with Gasteiger partial charge in [-0.3, -0.25) is 0 Å². The molecular formula is C46H31NS. The van der Waals surface area contributed by atoms with Crippen LogP contribution >= 0.6 is 11.3 Å². The van der Waals surface area contributed by atoms with Crippen LogP contribution in [-0.2, 0) is 0 Å². The predicted octanol–water partition coefficient (Wildman–Crippen LogP) is 11.7. The van der Waals surface area contributed by atoms with Gasteiger partial charge in [-0.2, -0.15) is 0 Å². The van der Waals surface area contributed by atoms with Gasteiger partial charge >= 0.3 is 0 Å². The zero-order valence-electron chi connectivity index (χ0n) is 26.6. The molecule has 0 atom stereocenters. The van der Waals surface area contributed by atoms with Crippen LogP contribution in [0.3, 0.4) is 0 Å². The smallest absolute Gasteiger partial charge is 0.125 e. The molecule has 7 aromatic carbocycles. The van der Waals surface area contributed by atoms with E-state index < -0.39 is 0 Å². The number of rotatable bonds is 4. The fourth-order valence-electron chi connectivity index (χ4n) is 7.36. The van der Waals surface area contributed by atoms with E-state index >= 15 is 0 Å². The van der Waals surface area contributed by atoms with Crippen molar-refractivity contribution in [3.8, 4) is 33.5 Å². The first kappa shape index (κ1) is 28.4. The highest BCUT2D eigenvalue weighted by Crippen LogP contribution is 2.38. The number of aromatic nitrogens is 1. The number of hydrogen-bond donors (Lipinski definition) is 0. The molecule has 0 aliphatic rings. The van der Waals surface area contributed by atoms with Gasteiger partial charge in [0, 0.05) is 21.0 Å². The van der Waals surface area contributed by atoms with Crippen LogP contribution in [0.15, 0.2) is 152 Å². The lowest BCUT2D eigenvalue weighted by Crippen LogP contribution is -2.29. The largest absolute Gasteiger partial charge is 0.237 e. The first-order valence-electron chi connectivity index (χ1n) is 16.4. The van der Waals surface area contributed by atoms with Crippen molar-refractivity contribution in [3.05, 3.63) is 163 Å². The molecule has 0 unspecified atom stereocenters. The van der Waals surface area contributed by atoms with E-state index in [2.05, 4.69) is 165 Å². The SMILES string of the molecule is C=CC=c1c(-c2ccc3ccccc3c2)c2ccc(-c3ccc4c(n3)sc3ccccc34)cc2c(-c2ccc3ccccc3c2)c1=CC. The van der Waals surface area contributed by atoms with Crippen molar-refractivity contribution in [1.29, 1.82) is 0 Å². The van der Waals surface area contributed by atoms with Gasteiger partial charge in [0.1, 0.15) is 4.83 Å². The lowest BCUT2D eigenvalue weighted by Gasteiger charge is -2.18. The molecule has 226 valence electrons. The second-order valence-electron chi connectivity index (χ2n) is 12.3. The maximum absolute atomic E-state index is 5.23. The monoisotopic (exact) mass is 629 g/mol. The van der Waals surface area contributed by atoms with E-state index in [9.17, 15) is 0 Å². The molecule has 0 amide bonds.